The second-order valence-electron chi connectivity index (χ2n) is 9.88. The fourth-order valence-electron chi connectivity index (χ4n) is 4.02. The van der Waals surface area contributed by atoms with Crippen LogP contribution >= 0.6 is 27.5 Å². The Kier molecular flexibility index (Phi) is 10.8. The van der Waals surface area contributed by atoms with Crippen molar-refractivity contribution in [3.05, 3.63) is 92.9 Å². The van der Waals surface area contributed by atoms with Gasteiger partial charge in [0.1, 0.15) is 12.6 Å². The van der Waals surface area contributed by atoms with E-state index in [4.69, 9.17) is 11.6 Å². The number of amides is 2. The third-order valence-electron chi connectivity index (χ3n) is 6.87. The Morgan fingerprint density at radius 3 is 2.25 bits per heavy atom. The van der Waals surface area contributed by atoms with Crippen molar-refractivity contribution >= 4 is 55.1 Å². The highest BCUT2D eigenvalue weighted by Crippen LogP contribution is 2.27. The van der Waals surface area contributed by atoms with Crippen LogP contribution in [0.4, 0.5) is 5.69 Å². The lowest BCUT2D eigenvalue weighted by Crippen LogP contribution is -2.52. The van der Waals surface area contributed by atoms with Gasteiger partial charge in [0.2, 0.25) is 11.8 Å². The molecule has 0 spiro atoms. The lowest BCUT2D eigenvalue weighted by molar-refractivity contribution is -0.139. The molecule has 2 atom stereocenters. The number of hydrogen-bond acceptors (Lipinski definition) is 4. The van der Waals surface area contributed by atoms with Crippen LogP contribution in [0.3, 0.4) is 0 Å². The zero-order valence-corrected chi connectivity index (χ0v) is 26.5. The molecule has 40 heavy (non-hydrogen) atoms. The van der Waals surface area contributed by atoms with Gasteiger partial charge in [-0.05, 0) is 99.3 Å². The van der Waals surface area contributed by atoms with Gasteiger partial charge in [-0.15, -0.1) is 0 Å². The van der Waals surface area contributed by atoms with Crippen LogP contribution in [0, 0.1) is 13.8 Å². The summed E-state index contributed by atoms with van der Waals surface area (Å²) in [6.45, 7) is 8.95. The predicted octanol–water partition coefficient (Wildman–Crippen LogP) is 6.25. The number of rotatable bonds is 11. The van der Waals surface area contributed by atoms with Crippen LogP contribution in [-0.2, 0) is 26.2 Å². The molecule has 3 aromatic rings. The first-order valence-corrected chi connectivity index (χ1v) is 15.6. The van der Waals surface area contributed by atoms with Crippen LogP contribution in [-0.4, -0.2) is 43.8 Å². The third kappa shape index (κ3) is 7.86. The number of benzene rings is 3. The monoisotopic (exact) mass is 647 g/mol. The van der Waals surface area contributed by atoms with Gasteiger partial charge in [0.05, 0.1) is 10.6 Å². The fraction of sp³-hybridized carbons (Fsp3) is 0.333. The SMILES string of the molecule is CC[C@@H](C)NC(=O)[C@@H](C)N(Cc1cccc(Br)c1)C(=O)CN(c1ccc(C)c(C)c1)S(=O)(=O)c1ccc(Cl)cc1. The van der Waals surface area contributed by atoms with Gasteiger partial charge in [0.25, 0.3) is 10.0 Å². The third-order valence-corrected chi connectivity index (χ3v) is 9.40. The molecule has 0 heterocycles. The van der Waals surface area contributed by atoms with Crippen LogP contribution < -0.4 is 9.62 Å². The summed E-state index contributed by atoms with van der Waals surface area (Å²) in [6.07, 6.45) is 0.734. The summed E-state index contributed by atoms with van der Waals surface area (Å²) >= 11 is 9.47. The molecular formula is C30H35BrClN3O4S. The van der Waals surface area contributed by atoms with Gasteiger partial charge >= 0.3 is 0 Å². The predicted molar refractivity (Wildman–Crippen MR) is 164 cm³/mol. The van der Waals surface area contributed by atoms with Crippen LogP contribution in [0.5, 0.6) is 0 Å². The van der Waals surface area contributed by atoms with Crippen molar-refractivity contribution in [1.29, 1.82) is 0 Å². The lowest BCUT2D eigenvalue weighted by atomic mass is 10.1. The molecule has 2 amide bonds. The summed E-state index contributed by atoms with van der Waals surface area (Å²) in [6, 6.07) is 17.6. The Morgan fingerprint density at radius 2 is 1.65 bits per heavy atom. The molecule has 7 nitrogen and oxygen atoms in total. The molecule has 0 fully saturated rings. The van der Waals surface area contributed by atoms with E-state index in [2.05, 4.69) is 21.2 Å². The molecule has 3 aromatic carbocycles. The molecule has 0 saturated heterocycles. The zero-order chi connectivity index (χ0) is 29.6. The van der Waals surface area contributed by atoms with Gasteiger partial charge in [-0.3, -0.25) is 13.9 Å². The van der Waals surface area contributed by atoms with Gasteiger partial charge in [-0.25, -0.2) is 8.42 Å². The first kappa shape index (κ1) is 31.6. The van der Waals surface area contributed by atoms with Gasteiger partial charge in [-0.2, -0.15) is 0 Å². The Balaban J connectivity index is 2.05. The molecule has 0 radical (unpaired) electrons. The first-order valence-electron chi connectivity index (χ1n) is 13.0. The average Bonchev–Trinajstić information content (AvgIpc) is 2.91. The van der Waals surface area contributed by atoms with Crippen molar-refractivity contribution in [1.82, 2.24) is 10.2 Å². The standard InChI is InChI=1S/C30H35BrClN3O4S/c1-6-22(4)33-30(37)23(5)34(18-24-8-7-9-25(31)17-24)29(36)19-35(27-13-10-20(2)21(3)16-27)40(38,39)28-14-11-26(32)12-15-28/h7-17,22-23H,6,18-19H2,1-5H3,(H,33,37)/t22-,23-/m1/s1. The van der Waals surface area contributed by atoms with E-state index >= 15 is 0 Å². The van der Waals surface area contributed by atoms with Crippen molar-refractivity contribution in [2.45, 2.75) is 64.6 Å². The maximum atomic E-state index is 14.0. The van der Waals surface area contributed by atoms with E-state index in [1.54, 1.807) is 19.1 Å². The summed E-state index contributed by atoms with van der Waals surface area (Å²) < 4.78 is 29.8. The second-order valence-corrected chi connectivity index (χ2v) is 13.1. The maximum Gasteiger partial charge on any atom is 0.264 e. The van der Waals surface area contributed by atoms with E-state index in [0.29, 0.717) is 10.7 Å². The Hall–Kier alpha value is -2.88. The molecule has 214 valence electrons. The lowest BCUT2D eigenvalue weighted by Gasteiger charge is -2.32. The Bertz CT molecular complexity index is 1460. The topological polar surface area (TPSA) is 86.8 Å². The van der Waals surface area contributed by atoms with Crippen molar-refractivity contribution in [3.8, 4) is 0 Å². The molecule has 0 unspecified atom stereocenters. The van der Waals surface area contributed by atoms with Crippen LogP contribution in [0.25, 0.3) is 0 Å². The van der Waals surface area contributed by atoms with Crippen molar-refractivity contribution in [3.63, 3.8) is 0 Å². The summed E-state index contributed by atoms with van der Waals surface area (Å²) in [5.74, 6) is -0.821. The number of carbonyl (C=O) groups is 2. The van der Waals surface area contributed by atoms with Crippen molar-refractivity contribution in [2.24, 2.45) is 0 Å². The Labute approximate surface area is 250 Å². The molecule has 0 aliphatic carbocycles. The van der Waals surface area contributed by atoms with Crippen molar-refractivity contribution < 1.29 is 18.0 Å². The van der Waals surface area contributed by atoms with Gasteiger partial charge in [-0.1, -0.05) is 52.7 Å². The minimum absolute atomic E-state index is 0.00373. The molecule has 0 aliphatic rings. The van der Waals surface area contributed by atoms with Gasteiger partial charge in [0.15, 0.2) is 0 Å². The number of aryl methyl sites for hydroxylation is 2. The Morgan fingerprint density at radius 1 is 0.975 bits per heavy atom. The average molecular weight is 649 g/mol. The van der Waals surface area contributed by atoms with Crippen molar-refractivity contribution in [2.75, 3.05) is 10.8 Å². The van der Waals surface area contributed by atoms with E-state index in [0.717, 1.165) is 31.9 Å². The highest BCUT2D eigenvalue weighted by Gasteiger charge is 2.33. The number of nitrogens with zero attached hydrogens (tertiary/aromatic N) is 2. The molecule has 0 aliphatic heterocycles. The minimum atomic E-state index is -4.16. The molecule has 0 saturated carbocycles. The minimum Gasteiger partial charge on any atom is -0.352 e. The maximum absolute atomic E-state index is 14.0. The summed E-state index contributed by atoms with van der Waals surface area (Å²) in [5.41, 5.74) is 3.02. The number of sulfonamides is 1. The summed E-state index contributed by atoms with van der Waals surface area (Å²) in [4.78, 5) is 28.6. The molecule has 1 N–H and O–H groups in total. The van der Waals surface area contributed by atoms with E-state index < -0.39 is 28.5 Å². The smallest absolute Gasteiger partial charge is 0.264 e. The van der Waals surface area contributed by atoms with Crippen LogP contribution in [0.2, 0.25) is 5.02 Å². The highest BCUT2D eigenvalue weighted by atomic mass is 79.9. The van der Waals surface area contributed by atoms with E-state index in [-0.39, 0.29) is 23.4 Å². The number of carbonyl (C=O) groups excluding carboxylic acids is 2. The molecule has 0 aromatic heterocycles. The normalized spacial score (nSPS) is 12.9. The molecule has 3 rings (SSSR count). The van der Waals surface area contributed by atoms with E-state index in [9.17, 15) is 18.0 Å². The van der Waals surface area contributed by atoms with Gasteiger partial charge < -0.3 is 10.2 Å². The van der Waals surface area contributed by atoms with Gasteiger partial charge in [0, 0.05) is 22.1 Å². The van der Waals surface area contributed by atoms with E-state index in [1.807, 2.05) is 58.0 Å². The molecular weight excluding hydrogens is 614 g/mol. The highest BCUT2D eigenvalue weighted by molar-refractivity contribution is 9.10. The van der Waals surface area contributed by atoms with Crippen LogP contribution in [0.1, 0.15) is 43.9 Å². The number of halogens is 2. The molecule has 0 bridgehead atoms. The first-order chi connectivity index (χ1) is 18.8. The van der Waals surface area contributed by atoms with Crippen LogP contribution in [0.15, 0.2) is 76.1 Å². The zero-order valence-electron chi connectivity index (χ0n) is 23.3. The largest absolute Gasteiger partial charge is 0.352 e. The second kappa shape index (κ2) is 13.7. The quantitative estimate of drug-likeness (QED) is 0.267. The summed E-state index contributed by atoms with van der Waals surface area (Å²) in [7, 11) is -4.16. The number of hydrogen-bond donors (Lipinski definition) is 1. The number of anilines is 1. The summed E-state index contributed by atoms with van der Waals surface area (Å²) in [5, 5.41) is 3.33. The fourth-order valence-corrected chi connectivity index (χ4v) is 6.00. The number of nitrogens with one attached hydrogen (secondary N) is 1. The molecule has 10 heteroatoms. The van der Waals surface area contributed by atoms with E-state index in [1.165, 1.54) is 29.2 Å².